The zero-order valence-electron chi connectivity index (χ0n) is 15.3. The fourth-order valence-electron chi connectivity index (χ4n) is 4.55. The SMILES string of the molecule is c1ccc(CN2CCC3(C2)CN(Cc2ccccn2)c2cccnc23)nc1. The molecule has 1 fully saturated rings. The van der Waals surface area contributed by atoms with Gasteiger partial charge in [-0.1, -0.05) is 12.1 Å². The van der Waals surface area contributed by atoms with E-state index in [-0.39, 0.29) is 5.41 Å². The molecule has 5 nitrogen and oxygen atoms in total. The van der Waals surface area contributed by atoms with Crippen LogP contribution >= 0.6 is 0 Å². The van der Waals surface area contributed by atoms with Gasteiger partial charge in [0, 0.05) is 43.6 Å². The fraction of sp³-hybridized carbons (Fsp3) is 0.318. The van der Waals surface area contributed by atoms with Gasteiger partial charge >= 0.3 is 0 Å². The number of likely N-dealkylation sites (tertiary alicyclic amines) is 1. The van der Waals surface area contributed by atoms with Crippen LogP contribution in [0, 0.1) is 0 Å². The third-order valence-corrected chi connectivity index (χ3v) is 5.75. The molecule has 5 heterocycles. The molecule has 5 rings (SSSR count). The number of fused-ring (bicyclic) bond motifs is 2. The molecule has 0 amide bonds. The molecule has 0 radical (unpaired) electrons. The Balaban J connectivity index is 1.39. The molecular weight excluding hydrogens is 334 g/mol. The molecule has 0 N–H and O–H groups in total. The number of hydrogen-bond acceptors (Lipinski definition) is 5. The largest absolute Gasteiger partial charge is 0.363 e. The van der Waals surface area contributed by atoms with E-state index < -0.39 is 0 Å². The van der Waals surface area contributed by atoms with E-state index in [1.54, 1.807) is 0 Å². The molecule has 0 saturated carbocycles. The third-order valence-electron chi connectivity index (χ3n) is 5.75. The minimum atomic E-state index is 0.111. The van der Waals surface area contributed by atoms with Crippen LogP contribution in [0.2, 0.25) is 0 Å². The molecule has 3 aromatic rings. The second kappa shape index (κ2) is 6.74. The highest BCUT2D eigenvalue weighted by atomic mass is 15.2. The Morgan fingerprint density at radius 2 is 1.52 bits per heavy atom. The van der Waals surface area contributed by atoms with Gasteiger partial charge in [-0.3, -0.25) is 19.9 Å². The lowest BCUT2D eigenvalue weighted by Gasteiger charge is -2.25. The monoisotopic (exact) mass is 357 g/mol. The van der Waals surface area contributed by atoms with E-state index in [9.17, 15) is 0 Å². The molecule has 5 heteroatoms. The van der Waals surface area contributed by atoms with Crippen LogP contribution in [0.5, 0.6) is 0 Å². The number of rotatable bonds is 4. The summed E-state index contributed by atoms with van der Waals surface area (Å²) < 4.78 is 0. The maximum Gasteiger partial charge on any atom is 0.0729 e. The van der Waals surface area contributed by atoms with Crippen molar-refractivity contribution in [1.82, 2.24) is 19.9 Å². The average Bonchev–Trinajstić information content (AvgIpc) is 3.25. The third kappa shape index (κ3) is 3.08. The second-order valence-electron chi connectivity index (χ2n) is 7.61. The fourth-order valence-corrected chi connectivity index (χ4v) is 4.55. The van der Waals surface area contributed by atoms with Crippen LogP contribution in [0.25, 0.3) is 0 Å². The maximum absolute atomic E-state index is 4.82. The van der Waals surface area contributed by atoms with E-state index in [4.69, 9.17) is 4.98 Å². The van der Waals surface area contributed by atoms with Gasteiger partial charge in [-0.15, -0.1) is 0 Å². The van der Waals surface area contributed by atoms with Gasteiger partial charge in [-0.25, -0.2) is 0 Å². The van der Waals surface area contributed by atoms with Crippen LogP contribution in [-0.4, -0.2) is 39.5 Å². The first-order valence-corrected chi connectivity index (χ1v) is 9.55. The Bertz CT molecular complexity index is 914. The summed E-state index contributed by atoms with van der Waals surface area (Å²) in [5.74, 6) is 0. The number of nitrogens with zero attached hydrogens (tertiary/aromatic N) is 5. The highest BCUT2D eigenvalue weighted by Gasteiger charge is 2.48. The first-order valence-electron chi connectivity index (χ1n) is 9.55. The van der Waals surface area contributed by atoms with Gasteiger partial charge in [0.1, 0.15) is 0 Å². The van der Waals surface area contributed by atoms with E-state index in [0.717, 1.165) is 50.5 Å². The molecule has 1 unspecified atom stereocenters. The smallest absolute Gasteiger partial charge is 0.0729 e. The second-order valence-corrected chi connectivity index (χ2v) is 7.61. The van der Waals surface area contributed by atoms with Crippen molar-refractivity contribution in [3.63, 3.8) is 0 Å². The lowest BCUT2D eigenvalue weighted by Crippen LogP contribution is -2.36. The Kier molecular flexibility index (Phi) is 4.09. The quantitative estimate of drug-likeness (QED) is 0.718. The van der Waals surface area contributed by atoms with Crippen molar-refractivity contribution in [2.75, 3.05) is 24.5 Å². The van der Waals surface area contributed by atoms with Crippen molar-refractivity contribution in [2.24, 2.45) is 0 Å². The van der Waals surface area contributed by atoms with Crippen LogP contribution < -0.4 is 4.90 Å². The molecule has 2 aliphatic rings. The van der Waals surface area contributed by atoms with Crippen molar-refractivity contribution in [3.05, 3.63) is 84.2 Å². The first kappa shape index (κ1) is 16.4. The lowest BCUT2D eigenvalue weighted by atomic mass is 9.85. The first-order chi connectivity index (χ1) is 13.3. The summed E-state index contributed by atoms with van der Waals surface area (Å²) in [7, 11) is 0. The Hall–Kier alpha value is -2.79. The summed E-state index contributed by atoms with van der Waals surface area (Å²) in [6.45, 7) is 4.87. The summed E-state index contributed by atoms with van der Waals surface area (Å²) in [4.78, 5) is 18.8. The van der Waals surface area contributed by atoms with Gasteiger partial charge in [0.2, 0.25) is 0 Å². The summed E-state index contributed by atoms with van der Waals surface area (Å²) in [6, 6.07) is 16.5. The molecule has 3 aromatic heterocycles. The molecule has 1 atom stereocenters. The van der Waals surface area contributed by atoms with Crippen molar-refractivity contribution in [2.45, 2.75) is 24.9 Å². The van der Waals surface area contributed by atoms with Crippen LogP contribution in [0.1, 0.15) is 23.5 Å². The van der Waals surface area contributed by atoms with Crippen LogP contribution in [0.15, 0.2) is 67.1 Å². The Morgan fingerprint density at radius 1 is 0.778 bits per heavy atom. The number of aromatic nitrogens is 3. The molecule has 0 bridgehead atoms. The predicted molar refractivity (Wildman–Crippen MR) is 105 cm³/mol. The minimum Gasteiger partial charge on any atom is -0.363 e. The zero-order chi connectivity index (χ0) is 18.1. The highest BCUT2D eigenvalue weighted by Crippen LogP contribution is 2.45. The summed E-state index contributed by atoms with van der Waals surface area (Å²) in [5.41, 5.74) is 4.87. The molecular formula is C22H23N5. The molecule has 0 aromatic carbocycles. The van der Waals surface area contributed by atoms with E-state index in [0.29, 0.717) is 0 Å². The Labute approximate surface area is 159 Å². The predicted octanol–water partition coefficient (Wildman–Crippen LogP) is 3.04. The lowest BCUT2D eigenvalue weighted by molar-refractivity contribution is 0.302. The molecule has 1 spiro atoms. The molecule has 27 heavy (non-hydrogen) atoms. The van der Waals surface area contributed by atoms with Crippen molar-refractivity contribution in [3.8, 4) is 0 Å². The normalized spacial score (nSPS) is 21.7. The van der Waals surface area contributed by atoms with Gasteiger partial charge in [0.15, 0.2) is 0 Å². The number of pyridine rings is 3. The number of anilines is 1. The highest BCUT2D eigenvalue weighted by molar-refractivity contribution is 5.60. The van der Waals surface area contributed by atoms with E-state index in [2.05, 4.69) is 50.1 Å². The van der Waals surface area contributed by atoms with E-state index >= 15 is 0 Å². The Morgan fingerprint density at radius 3 is 2.26 bits per heavy atom. The van der Waals surface area contributed by atoms with Crippen molar-refractivity contribution >= 4 is 5.69 Å². The van der Waals surface area contributed by atoms with Gasteiger partial charge in [-0.05, 0) is 49.4 Å². The summed E-state index contributed by atoms with van der Waals surface area (Å²) in [6.07, 6.45) is 6.83. The minimum absolute atomic E-state index is 0.111. The van der Waals surface area contributed by atoms with Gasteiger partial charge in [-0.2, -0.15) is 0 Å². The van der Waals surface area contributed by atoms with E-state index in [1.165, 1.54) is 11.4 Å². The van der Waals surface area contributed by atoms with Gasteiger partial charge < -0.3 is 4.90 Å². The average molecular weight is 357 g/mol. The molecule has 2 aliphatic heterocycles. The standard InChI is InChI=1S/C22H23N5/c1-3-10-23-18(6-1)14-26-13-9-22(16-26)17-27(15-19-7-2-4-11-24-19)20-8-5-12-25-21(20)22/h1-8,10-12H,9,13-17H2. The van der Waals surface area contributed by atoms with Crippen LogP contribution in [0.3, 0.4) is 0 Å². The van der Waals surface area contributed by atoms with Crippen molar-refractivity contribution < 1.29 is 0 Å². The zero-order valence-corrected chi connectivity index (χ0v) is 15.3. The van der Waals surface area contributed by atoms with E-state index in [1.807, 2.05) is 36.8 Å². The summed E-state index contributed by atoms with van der Waals surface area (Å²) in [5, 5.41) is 0. The van der Waals surface area contributed by atoms with Gasteiger partial charge in [0.25, 0.3) is 0 Å². The maximum atomic E-state index is 4.82. The molecule has 1 saturated heterocycles. The van der Waals surface area contributed by atoms with Crippen LogP contribution in [0.4, 0.5) is 5.69 Å². The van der Waals surface area contributed by atoms with Gasteiger partial charge in [0.05, 0.1) is 29.3 Å². The molecule has 0 aliphatic carbocycles. The van der Waals surface area contributed by atoms with Crippen LogP contribution in [-0.2, 0) is 18.5 Å². The van der Waals surface area contributed by atoms with Crippen molar-refractivity contribution in [1.29, 1.82) is 0 Å². The number of hydrogen-bond donors (Lipinski definition) is 0. The molecule has 136 valence electrons. The summed E-state index contributed by atoms with van der Waals surface area (Å²) >= 11 is 0. The topological polar surface area (TPSA) is 45.2 Å².